The number of allylic oxidation sites excluding steroid dienone is 6. The molecule has 0 spiro atoms. The van der Waals surface area contributed by atoms with E-state index in [0.29, 0.717) is 28.6 Å². The largest absolute Gasteiger partial charge is 0.326 e. The first-order valence-corrected chi connectivity index (χ1v) is 7.03. The molecule has 0 aromatic heterocycles. The Morgan fingerprint density at radius 1 is 1.20 bits per heavy atom. The van der Waals surface area contributed by atoms with Crippen LogP contribution in [0.3, 0.4) is 0 Å². The van der Waals surface area contributed by atoms with E-state index in [4.69, 9.17) is 28.9 Å². The smallest absolute Gasteiger partial charge is 0.127 e. The molecule has 0 fully saturated rings. The van der Waals surface area contributed by atoms with Gasteiger partial charge in [-0.25, -0.2) is 4.39 Å². The summed E-state index contributed by atoms with van der Waals surface area (Å²) in [6, 6.07) is 5.36. The van der Waals surface area contributed by atoms with Crippen LogP contribution in [-0.2, 0) is 0 Å². The summed E-state index contributed by atoms with van der Waals surface area (Å²) in [4.78, 5) is 0. The molecule has 2 aliphatic carbocycles. The van der Waals surface area contributed by atoms with Gasteiger partial charge in [0.25, 0.3) is 0 Å². The van der Waals surface area contributed by atoms with E-state index in [1.165, 1.54) is 0 Å². The highest BCUT2D eigenvalue weighted by atomic mass is 35.5. The van der Waals surface area contributed by atoms with Gasteiger partial charge >= 0.3 is 0 Å². The van der Waals surface area contributed by atoms with Crippen LogP contribution in [0.5, 0.6) is 0 Å². The Bertz CT molecular complexity index is 711. The monoisotopic (exact) mass is 307 g/mol. The summed E-state index contributed by atoms with van der Waals surface area (Å²) in [5.74, 6) is -0.200. The normalized spacial score (nSPS) is 17.7. The van der Waals surface area contributed by atoms with Crippen LogP contribution in [0.2, 0.25) is 10.0 Å². The number of rotatable bonds is 2. The minimum atomic E-state index is -0.200. The van der Waals surface area contributed by atoms with Gasteiger partial charge in [-0.2, -0.15) is 0 Å². The Morgan fingerprint density at radius 3 is 2.70 bits per heavy atom. The van der Waals surface area contributed by atoms with Gasteiger partial charge in [-0.1, -0.05) is 41.4 Å². The molecule has 0 saturated heterocycles. The van der Waals surface area contributed by atoms with Crippen LogP contribution in [0.25, 0.3) is 5.57 Å². The summed E-state index contributed by atoms with van der Waals surface area (Å²) >= 11 is 12.2. The number of hydrogen-bond donors (Lipinski definition) is 1. The Morgan fingerprint density at radius 2 is 2.00 bits per heavy atom. The molecule has 0 saturated carbocycles. The molecule has 0 atom stereocenters. The SMILES string of the molecule is NCC1=CC=C2C(F)=CCC(c3ccc(Cl)cc3Cl)=C12. The van der Waals surface area contributed by atoms with Crippen molar-refractivity contribution in [1.82, 2.24) is 0 Å². The second-order valence-corrected chi connectivity index (χ2v) is 5.55. The highest BCUT2D eigenvalue weighted by Crippen LogP contribution is 2.44. The first-order valence-electron chi connectivity index (χ1n) is 6.28. The summed E-state index contributed by atoms with van der Waals surface area (Å²) in [5.41, 5.74) is 10.0. The van der Waals surface area contributed by atoms with Crippen molar-refractivity contribution >= 4 is 28.8 Å². The van der Waals surface area contributed by atoms with Crippen molar-refractivity contribution in [2.24, 2.45) is 5.73 Å². The van der Waals surface area contributed by atoms with E-state index in [-0.39, 0.29) is 5.83 Å². The van der Waals surface area contributed by atoms with E-state index >= 15 is 0 Å². The fourth-order valence-electron chi connectivity index (χ4n) is 2.63. The van der Waals surface area contributed by atoms with Crippen LogP contribution in [0.15, 0.2) is 59.0 Å². The Balaban J connectivity index is 2.19. The van der Waals surface area contributed by atoms with Gasteiger partial charge in [0.2, 0.25) is 0 Å². The van der Waals surface area contributed by atoms with E-state index in [1.54, 1.807) is 24.3 Å². The summed E-state index contributed by atoms with van der Waals surface area (Å²) < 4.78 is 13.9. The number of fused-ring (bicyclic) bond motifs is 1. The maximum absolute atomic E-state index is 13.9. The van der Waals surface area contributed by atoms with Gasteiger partial charge in [-0.3, -0.25) is 0 Å². The fraction of sp³-hybridized carbons (Fsp3) is 0.125. The lowest BCUT2D eigenvalue weighted by atomic mass is 9.86. The van der Waals surface area contributed by atoms with Crippen molar-refractivity contribution in [1.29, 1.82) is 0 Å². The van der Waals surface area contributed by atoms with Crippen LogP contribution in [0.1, 0.15) is 12.0 Å². The van der Waals surface area contributed by atoms with E-state index in [9.17, 15) is 4.39 Å². The predicted molar refractivity (Wildman–Crippen MR) is 82.4 cm³/mol. The summed E-state index contributed by atoms with van der Waals surface area (Å²) in [7, 11) is 0. The zero-order valence-corrected chi connectivity index (χ0v) is 12.1. The Hall–Kier alpha value is -1.35. The molecule has 1 aromatic carbocycles. The van der Waals surface area contributed by atoms with E-state index < -0.39 is 0 Å². The molecule has 0 radical (unpaired) electrons. The van der Waals surface area contributed by atoms with E-state index in [0.717, 1.165) is 22.3 Å². The summed E-state index contributed by atoms with van der Waals surface area (Å²) in [5, 5.41) is 1.15. The molecule has 0 amide bonds. The fourth-order valence-corrected chi connectivity index (χ4v) is 3.15. The van der Waals surface area contributed by atoms with E-state index in [1.807, 2.05) is 12.1 Å². The van der Waals surface area contributed by atoms with Crippen molar-refractivity contribution in [3.8, 4) is 0 Å². The van der Waals surface area contributed by atoms with Gasteiger partial charge in [-0.15, -0.1) is 0 Å². The third-order valence-corrected chi connectivity index (χ3v) is 4.11. The van der Waals surface area contributed by atoms with E-state index in [2.05, 4.69) is 0 Å². The van der Waals surface area contributed by atoms with Gasteiger partial charge in [0, 0.05) is 22.2 Å². The first kappa shape index (κ1) is 13.6. The van der Waals surface area contributed by atoms with Crippen molar-refractivity contribution in [2.75, 3.05) is 6.54 Å². The molecule has 2 N–H and O–H groups in total. The van der Waals surface area contributed by atoms with Crippen LogP contribution >= 0.6 is 23.2 Å². The highest BCUT2D eigenvalue weighted by molar-refractivity contribution is 6.35. The molecule has 0 unspecified atom stereocenters. The van der Waals surface area contributed by atoms with Crippen LogP contribution in [0, 0.1) is 0 Å². The van der Waals surface area contributed by atoms with Crippen molar-refractivity contribution in [2.45, 2.75) is 6.42 Å². The maximum atomic E-state index is 13.9. The lowest BCUT2D eigenvalue weighted by molar-refractivity contribution is 0.648. The van der Waals surface area contributed by atoms with Crippen LogP contribution in [-0.4, -0.2) is 6.54 Å². The minimum absolute atomic E-state index is 0.200. The lowest BCUT2D eigenvalue weighted by Crippen LogP contribution is -2.09. The van der Waals surface area contributed by atoms with Crippen molar-refractivity contribution in [3.63, 3.8) is 0 Å². The van der Waals surface area contributed by atoms with Crippen LogP contribution < -0.4 is 5.73 Å². The molecular weight excluding hydrogens is 296 g/mol. The molecule has 0 heterocycles. The van der Waals surface area contributed by atoms with Gasteiger partial charge in [0.05, 0.1) is 0 Å². The lowest BCUT2D eigenvalue weighted by Gasteiger charge is -2.20. The molecule has 4 heteroatoms. The standard InChI is InChI=1S/C16H12Cl2FN/c17-10-2-4-11(14(18)7-10)12-5-6-15(19)13-3-1-9(8-20)16(12)13/h1-4,6-7H,5,8,20H2. The highest BCUT2D eigenvalue weighted by Gasteiger charge is 2.26. The van der Waals surface area contributed by atoms with Crippen molar-refractivity contribution in [3.05, 3.63) is 74.6 Å². The topological polar surface area (TPSA) is 26.0 Å². The molecule has 2 aliphatic rings. The number of hydrogen-bond acceptors (Lipinski definition) is 1. The molecule has 1 nitrogen and oxygen atoms in total. The zero-order valence-electron chi connectivity index (χ0n) is 10.6. The number of benzene rings is 1. The van der Waals surface area contributed by atoms with Crippen molar-refractivity contribution < 1.29 is 4.39 Å². The Kier molecular flexibility index (Phi) is 3.55. The maximum Gasteiger partial charge on any atom is 0.127 e. The second kappa shape index (κ2) is 5.21. The molecule has 20 heavy (non-hydrogen) atoms. The average Bonchev–Trinajstić information content (AvgIpc) is 2.85. The minimum Gasteiger partial charge on any atom is -0.326 e. The van der Waals surface area contributed by atoms with Gasteiger partial charge in [-0.05, 0) is 46.9 Å². The van der Waals surface area contributed by atoms with Gasteiger partial charge in [0.15, 0.2) is 0 Å². The summed E-state index contributed by atoms with van der Waals surface area (Å²) in [6.07, 6.45) is 5.71. The first-order chi connectivity index (χ1) is 9.61. The number of nitrogens with two attached hydrogens (primary N) is 1. The summed E-state index contributed by atoms with van der Waals surface area (Å²) in [6.45, 7) is 0.372. The number of halogens is 3. The molecule has 0 aliphatic heterocycles. The van der Waals surface area contributed by atoms with Gasteiger partial charge in [0.1, 0.15) is 5.83 Å². The molecule has 0 bridgehead atoms. The third-order valence-electron chi connectivity index (χ3n) is 3.56. The Labute approximate surface area is 126 Å². The molecular formula is C16H12Cl2FN. The molecule has 102 valence electrons. The average molecular weight is 308 g/mol. The second-order valence-electron chi connectivity index (χ2n) is 4.71. The van der Waals surface area contributed by atoms with Gasteiger partial charge < -0.3 is 5.73 Å². The zero-order chi connectivity index (χ0) is 14.3. The quantitative estimate of drug-likeness (QED) is 0.832. The molecule has 1 aromatic rings. The predicted octanol–water partition coefficient (Wildman–Crippen LogP) is 4.83. The molecule has 3 rings (SSSR count). The third kappa shape index (κ3) is 2.14. The van der Waals surface area contributed by atoms with Crippen LogP contribution in [0.4, 0.5) is 4.39 Å².